The van der Waals surface area contributed by atoms with Crippen molar-refractivity contribution in [1.29, 1.82) is 0 Å². The Morgan fingerprint density at radius 1 is 0.643 bits per heavy atom. The van der Waals surface area contributed by atoms with E-state index < -0.39 is 50.5 Å². The van der Waals surface area contributed by atoms with Gasteiger partial charge in [0.25, 0.3) is 0 Å². The minimum atomic E-state index is -5.09. The summed E-state index contributed by atoms with van der Waals surface area (Å²) in [6.07, 6.45) is 0. The average molecular weight is 706 g/mol. The fourth-order valence-electron chi connectivity index (χ4n) is 3.87. The predicted molar refractivity (Wildman–Crippen MR) is 124 cm³/mol. The first kappa shape index (κ1) is 30.1. The molecule has 0 aromatic carbocycles. The molecule has 4 N–H and O–H groups in total. The lowest BCUT2D eigenvalue weighted by atomic mass is 9.60. The van der Waals surface area contributed by atoms with Crippen molar-refractivity contribution in [2.75, 3.05) is 21.3 Å². The SMILES string of the molecule is CC(CBr)C(OP(=O)(O)O)(C(C)CBr)C(OP(=O)(O)O)(C(C)CBr)C(C)CBr. The van der Waals surface area contributed by atoms with Gasteiger partial charge in [0.15, 0.2) is 0 Å². The number of hydrogen-bond acceptors (Lipinski definition) is 4. The summed E-state index contributed by atoms with van der Waals surface area (Å²) in [5.74, 6) is -2.38. The van der Waals surface area contributed by atoms with Crippen molar-refractivity contribution in [1.82, 2.24) is 0 Å². The van der Waals surface area contributed by atoms with Crippen LogP contribution in [-0.4, -0.2) is 52.1 Å². The lowest BCUT2D eigenvalue weighted by molar-refractivity contribution is -0.218. The molecule has 0 bridgehead atoms. The largest absolute Gasteiger partial charge is 0.470 e. The van der Waals surface area contributed by atoms with Crippen LogP contribution in [0.4, 0.5) is 0 Å². The minimum absolute atomic E-state index is 0.251. The maximum atomic E-state index is 12.1. The van der Waals surface area contributed by atoms with Crippen molar-refractivity contribution in [2.24, 2.45) is 23.7 Å². The molecule has 4 unspecified atom stereocenters. The topological polar surface area (TPSA) is 134 Å². The number of phosphoric ester groups is 2. The first-order valence-electron chi connectivity index (χ1n) is 8.35. The van der Waals surface area contributed by atoms with E-state index in [0.29, 0.717) is 0 Å². The highest BCUT2D eigenvalue weighted by Gasteiger charge is 2.67. The zero-order valence-corrected chi connectivity index (χ0v) is 24.1. The third kappa shape index (κ3) is 6.82. The highest BCUT2D eigenvalue weighted by molar-refractivity contribution is 9.09. The van der Waals surface area contributed by atoms with E-state index in [4.69, 9.17) is 9.05 Å². The van der Waals surface area contributed by atoms with E-state index in [-0.39, 0.29) is 21.3 Å². The van der Waals surface area contributed by atoms with Gasteiger partial charge in [0.2, 0.25) is 0 Å². The van der Waals surface area contributed by atoms with E-state index in [1.54, 1.807) is 27.7 Å². The van der Waals surface area contributed by atoms with E-state index >= 15 is 0 Å². The monoisotopic (exact) mass is 702 g/mol. The molecule has 0 aliphatic rings. The van der Waals surface area contributed by atoms with Crippen LogP contribution >= 0.6 is 79.4 Å². The molecule has 8 nitrogen and oxygen atoms in total. The van der Waals surface area contributed by atoms with Gasteiger partial charge >= 0.3 is 15.6 Å². The molecule has 170 valence electrons. The smallest absolute Gasteiger partial charge is 0.303 e. The van der Waals surface area contributed by atoms with E-state index in [1.165, 1.54) is 0 Å². The Kier molecular flexibility index (Phi) is 12.7. The van der Waals surface area contributed by atoms with Gasteiger partial charge in [-0.1, -0.05) is 91.4 Å². The number of hydrogen-bond donors (Lipinski definition) is 4. The van der Waals surface area contributed by atoms with Gasteiger partial charge in [0, 0.05) is 21.3 Å². The highest BCUT2D eigenvalue weighted by atomic mass is 79.9. The molecule has 0 radical (unpaired) electrons. The predicted octanol–water partition coefficient (Wildman–Crippen LogP) is 4.81. The molecule has 28 heavy (non-hydrogen) atoms. The normalized spacial score (nSPS) is 22.0. The molecule has 0 aromatic rings. The summed E-state index contributed by atoms with van der Waals surface area (Å²) in [4.78, 5) is 39.2. The van der Waals surface area contributed by atoms with Crippen molar-refractivity contribution < 1.29 is 37.8 Å². The van der Waals surface area contributed by atoms with Gasteiger partial charge in [-0.05, 0) is 23.7 Å². The van der Waals surface area contributed by atoms with Crippen molar-refractivity contribution in [3.8, 4) is 0 Å². The minimum Gasteiger partial charge on any atom is -0.303 e. The summed E-state index contributed by atoms with van der Waals surface area (Å²) >= 11 is 13.4. The molecule has 0 fully saturated rings. The summed E-state index contributed by atoms with van der Waals surface area (Å²) in [5, 5.41) is 1.00. The lowest BCUT2D eigenvalue weighted by Gasteiger charge is -2.59. The number of phosphoric acid groups is 2. The Labute approximate surface area is 199 Å². The highest BCUT2D eigenvalue weighted by Crippen LogP contribution is 2.62. The molecular weight excluding hydrogens is 678 g/mol. The molecule has 4 atom stereocenters. The van der Waals surface area contributed by atoms with Crippen LogP contribution in [0, 0.1) is 23.7 Å². The fraction of sp³-hybridized carbons (Fsp3) is 1.00. The van der Waals surface area contributed by atoms with Crippen LogP contribution < -0.4 is 0 Å². The molecular formula is C14H28Br4O8P2. The molecule has 0 spiro atoms. The van der Waals surface area contributed by atoms with Crippen LogP contribution in [0.3, 0.4) is 0 Å². The molecule has 0 saturated heterocycles. The first-order valence-corrected chi connectivity index (χ1v) is 15.9. The summed E-state index contributed by atoms with van der Waals surface area (Å²) in [6.45, 7) is 6.79. The van der Waals surface area contributed by atoms with Crippen LogP contribution in [0.25, 0.3) is 0 Å². The lowest BCUT2D eigenvalue weighted by Crippen LogP contribution is -2.70. The maximum Gasteiger partial charge on any atom is 0.470 e. The van der Waals surface area contributed by atoms with Gasteiger partial charge in [0.1, 0.15) is 11.2 Å². The van der Waals surface area contributed by atoms with Crippen molar-refractivity contribution in [3.63, 3.8) is 0 Å². The second-order valence-electron chi connectivity index (χ2n) is 6.97. The molecule has 0 heterocycles. The summed E-state index contributed by atoms with van der Waals surface area (Å²) < 4.78 is 35.2. The van der Waals surface area contributed by atoms with Crippen LogP contribution in [0.15, 0.2) is 0 Å². The maximum absolute atomic E-state index is 12.1. The van der Waals surface area contributed by atoms with Crippen LogP contribution in [0.1, 0.15) is 27.7 Å². The van der Waals surface area contributed by atoms with E-state index in [9.17, 15) is 28.7 Å². The fourth-order valence-corrected chi connectivity index (χ4v) is 7.58. The molecule has 0 aromatic heterocycles. The number of alkyl halides is 4. The molecule has 0 rings (SSSR count). The van der Waals surface area contributed by atoms with Gasteiger partial charge in [-0.15, -0.1) is 0 Å². The number of rotatable bonds is 13. The van der Waals surface area contributed by atoms with Crippen molar-refractivity contribution >= 4 is 79.4 Å². The summed E-state index contributed by atoms with van der Waals surface area (Å²) in [6, 6.07) is 0. The quantitative estimate of drug-likeness (QED) is 0.159. The standard InChI is InChI=1S/C14H28Br4O8P2/c1-9(5-15)13(10(2)6-16,25-27(19,20)21)14(11(3)7-17,12(4)8-18)26-28(22,23)24/h9-12H,5-8H2,1-4H3,(H2,19,20,21)(H2,22,23,24). The Morgan fingerprint density at radius 2 is 0.821 bits per heavy atom. The van der Waals surface area contributed by atoms with E-state index in [0.717, 1.165) is 0 Å². The van der Waals surface area contributed by atoms with Crippen molar-refractivity contribution in [2.45, 2.75) is 38.9 Å². The molecule has 0 aliphatic heterocycles. The second-order valence-corrected chi connectivity index (χ2v) is 11.9. The van der Waals surface area contributed by atoms with Crippen LogP contribution in [-0.2, 0) is 18.2 Å². The Bertz CT molecular complexity index is 514. The first-order chi connectivity index (χ1) is 12.6. The molecule has 0 amide bonds. The summed E-state index contributed by atoms with van der Waals surface area (Å²) in [7, 11) is -10.2. The zero-order valence-electron chi connectivity index (χ0n) is 16.0. The Hall–Kier alpha value is 2.14. The zero-order chi connectivity index (χ0) is 22.6. The Balaban J connectivity index is 7.41. The second kappa shape index (κ2) is 11.8. The van der Waals surface area contributed by atoms with Gasteiger partial charge in [0.05, 0.1) is 0 Å². The summed E-state index contributed by atoms with van der Waals surface area (Å²) in [5.41, 5.74) is -3.53. The van der Waals surface area contributed by atoms with Gasteiger partial charge in [-0.3, -0.25) is 9.05 Å². The molecule has 14 heteroatoms. The van der Waals surface area contributed by atoms with E-state index in [1.807, 2.05) is 0 Å². The molecule has 0 aliphatic carbocycles. The van der Waals surface area contributed by atoms with E-state index in [2.05, 4.69) is 63.7 Å². The van der Waals surface area contributed by atoms with Crippen LogP contribution in [0.5, 0.6) is 0 Å². The average Bonchev–Trinajstić information content (AvgIpc) is 2.59. The Morgan fingerprint density at radius 3 is 0.929 bits per heavy atom. The van der Waals surface area contributed by atoms with Gasteiger partial charge in [-0.2, -0.15) is 0 Å². The van der Waals surface area contributed by atoms with Gasteiger partial charge < -0.3 is 19.6 Å². The van der Waals surface area contributed by atoms with Crippen LogP contribution in [0.2, 0.25) is 0 Å². The molecule has 0 saturated carbocycles. The van der Waals surface area contributed by atoms with Crippen molar-refractivity contribution in [3.05, 3.63) is 0 Å². The third-order valence-electron chi connectivity index (χ3n) is 5.00. The number of halogens is 4. The van der Waals surface area contributed by atoms with Gasteiger partial charge in [-0.25, -0.2) is 9.13 Å². The third-order valence-corrected chi connectivity index (χ3v) is 9.97.